The van der Waals surface area contributed by atoms with Crippen LogP contribution in [0.1, 0.15) is 45.1 Å². The van der Waals surface area contributed by atoms with E-state index in [1.807, 2.05) is 0 Å². The minimum atomic E-state index is -2.56. The molecule has 1 aliphatic carbocycles. The van der Waals surface area contributed by atoms with Gasteiger partial charge in [-0.25, -0.2) is 8.78 Å². The predicted octanol–water partition coefficient (Wildman–Crippen LogP) is 4.41. The van der Waals surface area contributed by atoms with Crippen molar-refractivity contribution in [2.45, 2.75) is 45.6 Å². The Morgan fingerprint density at radius 1 is 1.21 bits per heavy atom. The van der Waals surface area contributed by atoms with E-state index >= 15 is 0 Å². The van der Waals surface area contributed by atoms with Gasteiger partial charge in [0.05, 0.1) is 11.7 Å². The van der Waals surface area contributed by atoms with Crippen LogP contribution in [-0.4, -0.2) is 6.10 Å². The lowest BCUT2D eigenvalue weighted by atomic mass is 9.80. The van der Waals surface area contributed by atoms with Crippen molar-refractivity contribution in [3.8, 4) is 5.75 Å². The molecule has 4 heteroatoms. The third-order valence-electron chi connectivity index (χ3n) is 4.11. The third-order valence-corrected chi connectivity index (χ3v) is 4.11. The van der Waals surface area contributed by atoms with E-state index in [1.165, 1.54) is 6.07 Å². The first-order valence-corrected chi connectivity index (χ1v) is 6.81. The van der Waals surface area contributed by atoms with E-state index < -0.39 is 6.43 Å². The molecule has 0 amide bonds. The topological polar surface area (TPSA) is 35.2 Å². The third kappa shape index (κ3) is 3.37. The van der Waals surface area contributed by atoms with E-state index in [4.69, 9.17) is 10.5 Å². The zero-order valence-corrected chi connectivity index (χ0v) is 11.4. The van der Waals surface area contributed by atoms with Crippen molar-refractivity contribution in [1.29, 1.82) is 0 Å². The van der Waals surface area contributed by atoms with Crippen molar-refractivity contribution >= 4 is 5.69 Å². The molecule has 2 nitrogen and oxygen atoms in total. The van der Waals surface area contributed by atoms with Crippen molar-refractivity contribution in [3.05, 3.63) is 23.8 Å². The predicted molar refractivity (Wildman–Crippen MR) is 72.4 cm³/mol. The number of hydrogen-bond acceptors (Lipinski definition) is 2. The van der Waals surface area contributed by atoms with E-state index in [0.29, 0.717) is 17.5 Å². The van der Waals surface area contributed by atoms with E-state index in [2.05, 4.69) is 13.8 Å². The van der Waals surface area contributed by atoms with Gasteiger partial charge in [0.25, 0.3) is 6.43 Å². The molecule has 0 aliphatic heterocycles. The highest BCUT2D eigenvalue weighted by atomic mass is 19.3. The molecule has 0 spiro atoms. The number of alkyl halides is 2. The molecule has 0 aromatic heterocycles. The summed E-state index contributed by atoms with van der Waals surface area (Å²) in [6, 6.07) is 4.46. The van der Waals surface area contributed by atoms with Gasteiger partial charge in [0.15, 0.2) is 0 Å². The highest BCUT2D eigenvalue weighted by Crippen LogP contribution is 2.35. The Hall–Kier alpha value is -1.32. The Balaban J connectivity index is 2.11. The van der Waals surface area contributed by atoms with Crippen LogP contribution in [0.2, 0.25) is 0 Å². The van der Waals surface area contributed by atoms with Crippen LogP contribution in [0.5, 0.6) is 5.75 Å². The molecule has 1 aromatic carbocycles. The van der Waals surface area contributed by atoms with Crippen LogP contribution in [0.15, 0.2) is 18.2 Å². The number of ether oxygens (including phenoxy) is 1. The molecule has 2 N–H and O–H groups in total. The molecule has 1 aliphatic rings. The molecule has 0 heterocycles. The Morgan fingerprint density at radius 3 is 2.58 bits per heavy atom. The maximum absolute atomic E-state index is 13.0. The van der Waals surface area contributed by atoms with E-state index in [-0.39, 0.29) is 17.4 Å². The second kappa shape index (κ2) is 5.76. The first-order valence-electron chi connectivity index (χ1n) is 6.81. The van der Waals surface area contributed by atoms with Crippen LogP contribution < -0.4 is 10.5 Å². The van der Waals surface area contributed by atoms with Crippen molar-refractivity contribution in [2.75, 3.05) is 5.73 Å². The summed E-state index contributed by atoms with van der Waals surface area (Å²) in [5, 5.41) is 0. The number of halogens is 2. The van der Waals surface area contributed by atoms with Crippen LogP contribution in [0.4, 0.5) is 14.5 Å². The second-order valence-electron chi connectivity index (χ2n) is 5.61. The molecule has 1 fully saturated rings. The average Bonchev–Trinajstić information content (AvgIpc) is 2.36. The summed E-state index contributed by atoms with van der Waals surface area (Å²) in [6.07, 6.45) is 0.420. The highest BCUT2D eigenvalue weighted by molar-refractivity contribution is 5.48. The number of benzene rings is 1. The monoisotopic (exact) mass is 269 g/mol. The van der Waals surface area contributed by atoms with Crippen LogP contribution >= 0.6 is 0 Å². The summed E-state index contributed by atoms with van der Waals surface area (Å²) < 4.78 is 31.7. The van der Waals surface area contributed by atoms with Crippen molar-refractivity contribution in [1.82, 2.24) is 0 Å². The Morgan fingerprint density at radius 2 is 1.95 bits per heavy atom. The summed E-state index contributed by atoms with van der Waals surface area (Å²) in [6.45, 7) is 4.42. The molecule has 19 heavy (non-hydrogen) atoms. The van der Waals surface area contributed by atoms with Gasteiger partial charge in [0.2, 0.25) is 0 Å². The smallest absolute Gasteiger partial charge is 0.267 e. The highest BCUT2D eigenvalue weighted by Gasteiger charge is 2.27. The summed E-state index contributed by atoms with van der Waals surface area (Å²) in [4.78, 5) is 0. The summed E-state index contributed by atoms with van der Waals surface area (Å²) in [7, 11) is 0. The van der Waals surface area contributed by atoms with Crippen molar-refractivity contribution in [2.24, 2.45) is 11.8 Å². The Labute approximate surface area is 112 Å². The number of hydrogen-bond donors (Lipinski definition) is 1. The molecule has 0 bridgehead atoms. The first-order chi connectivity index (χ1) is 8.97. The largest absolute Gasteiger partial charge is 0.490 e. The Bertz CT molecular complexity index is 436. The van der Waals surface area contributed by atoms with Gasteiger partial charge >= 0.3 is 0 Å². The van der Waals surface area contributed by atoms with Gasteiger partial charge in [-0.15, -0.1) is 0 Å². The van der Waals surface area contributed by atoms with Crippen molar-refractivity contribution < 1.29 is 13.5 Å². The molecule has 3 unspecified atom stereocenters. The SMILES string of the molecule is CC1CCC(Oc2ccc(N)cc2C(F)F)CC1C. The number of rotatable bonds is 3. The van der Waals surface area contributed by atoms with E-state index in [9.17, 15) is 8.78 Å². The first kappa shape index (κ1) is 14.1. The van der Waals surface area contributed by atoms with Crippen LogP contribution in [-0.2, 0) is 0 Å². The summed E-state index contributed by atoms with van der Waals surface area (Å²) in [5.74, 6) is 1.53. The minimum absolute atomic E-state index is 0.0346. The standard InChI is InChI=1S/C15H21F2NO/c1-9-3-5-12(7-10(9)2)19-14-6-4-11(18)8-13(14)15(16)17/h4,6,8-10,12,15H,3,5,7,18H2,1-2H3. The molecule has 0 saturated heterocycles. The van der Waals surface area contributed by atoms with Gasteiger partial charge in [-0.1, -0.05) is 13.8 Å². The average molecular weight is 269 g/mol. The molecule has 2 rings (SSSR count). The van der Waals surface area contributed by atoms with Gasteiger partial charge in [-0.2, -0.15) is 0 Å². The van der Waals surface area contributed by atoms with Crippen LogP contribution in [0.3, 0.4) is 0 Å². The normalized spacial score (nSPS) is 27.5. The molecule has 0 radical (unpaired) electrons. The maximum Gasteiger partial charge on any atom is 0.267 e. The van der Waals surface area contributed by atoms with Crippen LogP contribution in [0, 0.1) is 11.8 Å². The van der Waals surface area contributed by atoms with Gasteiger partial charge in [0, 0.05) is 5.69 Å². The molecular formula is C15H21F2NO. The number of anilines is 1. The number of nitrogen functional groups attached to an aromatic ring is 1. The van der Waals surface area contributed by atoms with Crippen molar-refractivity contribution in [3.63, 3.8) is 0 Å². The fraction of sp³-hybridized carbons (Fsp3) is 0.600. The maximum atomic E-state index is 13.0. The van der Waals surface area contributed by atoms with Gasteiger partial charge in [-0.3, -0.25) is 0 Å². The fourth-order valence-corrected chi connectivity index (χ4v) is 2.63. The lowest BCUT2D eigenvalue weighted by molar-refractivity contribution is 0.0912. The zero-order valence-electron chi connectivity index (χ0n) is 11.4. The minimum Gasteiger partial charge on any atom is -0.490 e. The second-order valence-corrected chi connectivity index (χ2v) is 5.61. The molecular weight excluding hydrogens is 248 g/mol. The quantitative estimate of drug-likeness (QED) is 0.825. The molecule has 1 aromatic rings. The fourth-order valence-electron chi connectivity index (χ4n) is 2.63. The van der Waals surface area contributed by atoms with Crippen LogP contribution in [0.25, 0.3) is 0 Å². The van der Waals surface area contributed by atoms with E-state index in [0.717, 1.165) is 19.3 Å². The lowest BCUT2D eigenvalue weighted by Crippen LogP contribution is -2.29. The molecule has 3 atom stereocenters. The zero-order chi connectivity index (χ0) is 14.0. The van der Waals surface area contributed by atoms with E-state index in [1.54, 1.807) is 12.1 Å². The Kier molecular flexibility index (Phi) is 4.27. The number of nitrogens with two attached hydrogens (primary N) is 1. The van der Waals surface area contributed by atoms with Gasteiger partial charge in [-0.05, 0) is 49.3 Å². The van der Waals surface area contributed by atoms with Gasteiger partial charge in [0.1, 0.15) is 5.75 Å². The summed E-state index contributed by atoms with van der Waals surface area (Å²) >= 11 is 0. The molecule has 106 valence electrons. The molecule has 1 saturated carbocycles. The summed E-state index contributed by atoms with van der Waals surface area (Å²) in [5.41, 5.74) is 5.79. The lowest BCUT2D eigenvalue weighted by Gasteiger charge is -2.32. The van der Waals surface area contributed by atoms with Gasteiger partial charge < -0.3 is 10.5 Å².